The molecule has 0 radical (unpaired) electrons. The number of hydrogen-bond donors (Lipinski definition) is 1. The molecule has 0 amide bonds. The Hall–Kier alpha value is -0.820. The first-order valence-corrected chi connectivity index (χ1v) is 7.92. The summed E-state index contributed by atoms with van der Waals surface area (Å²) in [7, 11) is 0. The minimum Gasteiger partial charge on any atom is -0.310 e. The van der Waals surface area contributed by atoms with Gasteiger partial charge in [-0.15, -0.1) is 0 Å². The van der Waals surface area contributed by atoms with Crippen LogP contribution in [0.5, 0.6) is 0 Å². The van der Waals surface area contributed by atoms with Gasteiger partial charge < -0.3 is 5.32 Å². The summed E-state index contributed by atoms with van der Waals surface area (Å²) in [6.07, 6.45) is 7.87. The number of benzene rings is 1. The monoisotopic (exact) mass is 259 g/mol. The Morgan fingerprint density at radius 1 is 1.21 bits per heavy atom. The summed E-state index contributed by atoms with van der Waals surface area (Å²) in [6.45, 7) is 7.16. The van der Waals surface area contributed by atoms with E-state index in [1.165, 1.54) is 37.7 Å². The molecule has 1 aromatic carbocycles. The largest absolute Gasteiger partial charge is 0.310 e. The van der Waals surface area contributed by atoms with Crippen LogP contribution in [0, 0.1) is 5.41 Å². The zero-order valence-corrected chi connectivity index (χ0v) is 12.8. The van der Waals surface area contributed by atoms with Crippen molar-refractivity contribution in [2.75, 3.05) is 0 Å². The van der Waals surface area contributed by atoms with Crippen molar-refractivity contribution in [3.05, 3.63) is 35.9 Å². The molecule has 0 aliphatic heterocycles. The topological polar surface area (TPSA) is 12.0 Å². The van der Waals surface area contributed by atoms with E-state index in [0.29, 0.717) is 17.5 Å². The molecule has 0 heterocycles. The van der Waals surface area contributed by atoms with E-state index in [-0.39, 0.29) is 0 Å². The van der Waals surface area contributed by atoms with Gasteiger partial charge in [0.25, 0.3) is 0 Å². The Morgan fingerprint density at radius 3 is 2.58 bits per heavy atom. The highest BCUT2D eigenvalue weighted by molar-refractivity contribution is 5.16. The molecule has 106 valence electrons. The van der Waals surface area contributed by atoms with Crippen molar-refractivity contribution in [2.45, 2.75) is 71.4 Å². The quantitative estimate of drug-likeness (QED) is 0.817. The minimum atomic E-state index is 0.461. The lowest BCUT2D eigenvalue weighted by molar-refractivity contribution is 0.154. The summed E-state index contributed by atoms with van der Waals surface area (Å²) in [6, 6.07) is 12.2. The normalized spacial score (nSPS) is 24.1. The molecule has 1 N–H and O–H groups in total. The van der Waals surface area contributed by atoms with E-state index in [9.17, 15) is 0 Å². The molecule has 2 rings (SSSR count). The molecular weight excluding hydrogens is 230 g/mol. The van der Waals surface area contributed by atoms with E-state index in [1.54, 1.807) is 0 Å². The van der Waals surface area contributed by atoms with Crippen molar-refractivity contribution >= 4 is 0 Å². The van der Waals surface area contributed by atoms with Gasteiger partial charge in [-0.1, -0.05) is 63.9 Å². The second-order valence-electron chi connectivity index (χ2n) is 6.75. The van der Waals surface area contributed by atoms with Crippen LogP contribution in [0.25, 0.3) is 0 Å². The van der Waals surface area contributed by atoms with Gasteiger partial charge in [0, 0.05) is 12.1 Å². The molecule has 1 nitrogen and oxygen atoms in total. The van der Waals surface area contributed by atoms with Gasteiger partial charge in [0.15, 0.2) is 0 Å². The summed E-state index contributed by atoms with van der Waals surface area (Å²) in [5.41, 5.74) is 1.91. The van der Waals surface area contributed by atoms with Gasteiger partial charge in [0.05, 0.1) is 0 Å². The Morgan fingerprint density at radius 2 is 1.95 bits per heavy atom. The molecule has 0 bridgehead atoms. The van der Waals surface area contributed by atoms with Gasteiger partial charge in [0.1, 0.15) is 0 Å². The van der Waals surface area contributed by atoms with E-state index >= 15 is 0 Å². The van der Waals surface area contributed by atoms with Crippen LogP contribution in [0.1, 0.15) is 58.4 Å². The molecule has 0 spiro atoms. The van der Waals surface area contributed by atoms with E-state index < -0.39 is 0 Å². The average Bonchev–Trinajstić information content (AvgIpc) is 2.41. The fraction of sp³-hybridized carbons (Fsp3) is 0.667. The maximum Gasteiger partial charge on any atom is 0.0121 e. The Balaban J connectivity index is 1.95. The van der Waals surface area contributed by atoms with E-state index in [1.807, 2.05) is 0 Å². The van der Waals surface area contributed by atoms with Crippen LogP contribution in [0.3, 0.4) is 0 Å². The molecule has 1 heteroatoms. The number of nitrogens with one attached hydrogen (secondary N) is 1. The van der Waals surface area contributed by atoms with Crippen molar-refractivity contribution in [1.82, 2.24) is 5.32 Å². The Labute approximate surface area is 118 Å². The second-order valence-corrected chi connectivity index (χ2v) is 6.75. The molecule has 1 aliphatic rings. The third-order valence-corrected chi connectivity index (χ3v) is 4.76. The highest BCUT2D eigenvalue weighted by Gasteiger charge is 2.32. The highest BCUT2D eigenvalue weighted by atomic mass is 15.0. The summed E-state index contributed by atoms with van der Waals surface area (Å²) < 4.78 is 0. The fourth-order valence-corrected chi connectivity index (χ4v) is 3.31. The molecule has 1 aliphatic carbocycles. The maximum atomic E-state index is 3.94. The summed E-state index contributed by atoms with van der Waals surface area (Å²) in [5.74, 6) is 0. The number of rotatable bonds is 5. The Kier molecular flexibility index (Phi) is 5.04. The Bertz CT molecular complexity index is 369. The molecule has 0 aromatic heterocycles. The highest BCUT2D eigenvalue weighted by Crippen LogP contribution is 2.35. The van der Waals surface area contributed by atoms with Crippen LogP contribution in [0.4, 0.5) is 0 Å². The van der Waals surface area contributed by atoms with Gasteiger partial charge in [-0.05, 0) is 36.7 Å². The third-order valence-electron chi connectivity index (χ3n) is 4.76. The maximum absolute atomic E-state index is 3.94. The summed E-state index contributed by atoms with van der Waals surface area (Å²) in [5, 5.41) is 3.94. The minimum absolute atomic E-state index is 0.461. The molecule has 1 fully saturated rings. The van der Waals surface area contributed by atoms with Gasteiger partial charge >= 0.3 is 0 Å². The molecule has 2 atom stereocenters. The summed E-state index contributed by atoms with van der Waals surface area (Å²) >= 11 is 0. The van der Waals surface area contributed by atoms with Crippen molar-refractivity contribution in [1.29, 1.82) is 0 Å². The predicted octanol–water partition coefficient (Wildman–Crippen LogP) is 4.57. The van der Waals surface area contributed by atoms with Gasteiger partial charge in [-0.3, -0.25) is 0 Å². The van der Waals surface area contributed by atoms with Crippen molar-refractivity contribution in [3.8, 4) is 0 Å². The molecule has 1 saturated carbocycles. The van der Waals surface area contributed by atoms with Crippen LogP contribution < -0.4 is 5.32 Å². The third kappa shape index (κ3) is 4.07. The first-order chi connectivity index (χ1) is 9.12. The molecule has 0 saturated heterocycles. The predicted molar refractivity (Wildman–Crippen MR) is 83.4 cm³/mol. The van der Waals surface area contributed by atoms with Crippen molar-refractivity contribution in [2.24, 2.45) is 5.41 Å². The second kappa shape index (κ2) is 6.56. The van der Waals surface area contributed by atoms with Crippen LogP contribution >= 0.6 is 0 Å². The first kappa shape index (κ1) is 14.6. The van der Waals surface area contributed by atoms with Gasteiger partial charge in [-0.25, -0.2) is 0 Å². The smallest absolute Gasteiger partial charge is 0.0121 e. The van der Waals surface area contributed by atoms with Crippen LogP contribution in [0.2, 0.25) is 0 Å². The summed E-state index contributed by atoms with van der Waals surface area (Å²) in [4.78, 5) is 0. The van der Waals surface area contributed by atoms with Crippen LogP contribution in [-0.2, 0) is 6.42 Å². The standard InChI is InChI=1S/C18H29N/c1-4-16(14-15-10-6-5-7-11-15)19-17-12-8-9-13-18(17,2)3/h5-7,10-11,16-17,19H,4,8-9,12-14H2,1-3H3. The lowest BCUT2D eigenvalue weighted by Crippen LogP contribution is -2.49. The SMILES string of the molecule is CCC(Cc1ccccc1)NC1CCCCC1(C)C. The lowest BCUT2D eigenvalue weighted by Gasteiger charge is -2.41. The van der Waals surface area contributed by atoms with Gasteiger partial charge in [0.2, 0.25) is 0 Å². The molecule has 2 unspecified atom stereocenters. The fourth-order valence-electron chi connectivity index (χ4n) is 3.31. The van der Waals surface area contributed by atoms with E-state index in [4.69, 9.17) is 0 Å². The van der Waals surface area contributed by atoms with Gasteiger partial charge in [-0.2, -0.15) is 0 Å². The lowest BCUT2D eigenvalue weighted by atomic mass is 9.73. The van der Waals surface area contributed by atoms with Crippen LogP contribution in [-0.4, -0.2) is 12.1 Å². The zero-order chi connectivity index (χ0) is 13.7. The van der Waals surface area contributed by atoms with Crippen LogP contribution in [0.15, 0.2) is 30.3 Å². The zero-order valence-electron chi connectivity index (χ0n) is 12.8. The van der Waals surface area contributed by atoms with E-state index in [0.717, 1.165) is 6.42 Å². The molecule has 1 aromatic rings. The molecular formula is C18H29N. The first-order valence-electron chi connectivity index (χ1n) is 7.92. The van der Waals surface area contributed by atoms with Crippen molar-refractivity contribution in [3.63, 3.8) is 0 Å². The molecule has 19 heavy (non-hydrogen) atoms. The van der Waals surface area contributed by atoms with E-state index in [2.05, 4.69) is 56.4 Å². The average molecular weight is 259 g/mol. The number of hydrogen-bond acceptors (Lipinski definition) is 1. The van der Waals surface area contributed by atoms with Crippen molar-refractivity contribution < 1.29 is 0 Å².